The third kappa shape index (κ3) is 2.88. The molecule has 1 atom stereocenters. The van der Waals surface area contributed by atoms with Crippen LogP contribution in [0.3, 0.4) is 0 Å². The van der Waals surface area contributed by atoms with Gasteiger partial charge < -0.3 is 5.73 Å². The van der Waals surface area contributed by atoms with Gasteiger partial charge in [-0.25, -0.2) is 0 Å². The van der Waals surface area contributed by atoms with Gasteiger partial charge >= 0.3 is 0 Å². The van der Waals surface area contributed by atoms with Crippen molar-refractivity contribution in [2.75, 3.05) is 19.6 Å². The SMILES string of the molecule is CCN(CC(C)(CN)c1ccccc1)C1CC1. The van der Waals surface area contributed by atoms with Gasteiger partial charge in [-0.2, -0.15) is 0 Å². The van der Waals surface area contributed by atoms with Crippen molar-refractivity contribution in [3.05, 3.63) is 35.9 Å². The number of benzene rings is 1. The zero-order chi connectivity index (χ0) is 12.3. The molecular weight excluding hydrogens is 208 g/mol. The van der Waals surface area contributed by atoms with E-state index in [1.54, 1.807) is 0 Å². The number of nitrogens with two attached hydrogens (primary N) is 1. The first-order valence-electron chi connectivity index (χ1n) is 6.69. The monoisotopic (exact) mass is 232 g/mol. The van der Waals surface area contributed by atoms with E-state index in [1.165, 1.54) is 18.4 Å². The Kier molecular flexibility index (Phi) is 3.85. The highest BCUT2D eigenvalue weighted by Gasteiger charge is 2.34. The summed E-state index contributed by atoms with van der Waals surface area (Å²) in [5.74, 6) is 0. The molecule has 2 rings (SSSR count). The maximum Gasteiger partial charge on any atom is 0.0174 e. The molecule has 0 spiro atoms. The summed E-state index contributed by atoms with van der Waals surface area (Å²) in [6.07, 6.45) is 2.73. The van der Waals surface area contributed by atoms with E-state index in [4.69, 9.17) is 5.73 Å². The zero-order valence-electron chi connectivity index (χ0n) is 11.0. The minimum atomic E-state index is 0.0832. The van der Waals surface area contributed by atoms with E-state index in [9.17, 15) is 0 Å². The van der Waals surface area contributed by atoms with Gasteiger partial charge in [-0.05, 0) is 24.9 Å². The molecule has 2 nitrogen and oxygen atoms in total. The number of rotatable bonds is 6. The van der Waals surface area contributed by atoms with Gasteiger partial charge in [-0.15, -0.1) is 0 Å². The zero-order valence-corrected chi connectivity index (χ0v) is 11.0. The summed E-state index contributed by atoms with van der Waals surface area (Å²) in [5.41, 5.74) is 7.48. The van der Waals surface area contributed by atoms with Crippen LogP contribution in [0.25, 0.3) is 0 Å². The van der Waals surface area contributed by atoms with Gasteiger partial charge in [0.25, 0.3) is 0 Å². The number of likely N-dealkylation sites (N-methyl/N-ethyl adjacent to an activating group) is 1. The van der Waals surface area contributed by atoms with Crippen molar-refractivity contribution in [3.8, 4) is 0 Å². The van der Waals surface area contributed by atoms with Gasteiger partial charge in [0.15, 0.2) is 0 Å². The smallest absolute Gasteiger partial charge is 0.0174 e. The summed E-state index contributed by atoms with van der Waals surface area (Å²) >= 11 is 0. The van der Waals surface area contributed by atoms with E-state index < -0.39 is 0 Å². The van der Waals surface area contributed by atoms with Crippen molar-refractivity contribution in [3.63, 3.8) is 0 Å². The Morgan fingerprint density at radius 1 is 1.29 bits per heavy atom. The molecule has 0 bridgehead atoms. The lowest BCUT2D eigenvalue weighted by Gasteiger charge is -2.35. The molecule has 1 aliphatic carbocycles. The summed E-state index contributed by atoms with van der Waals surface area (Å²) < 4.78 is 0. The van der Waals surface area contributed by atoms with Gasteiger partial charge in [0.2, 0.25) is 0 Å². The average molecular weight is 232 g/mol. The molecule has 0 aliphatic heterocycles. The molecule has 1 aliphatic rings. The molecule has 1 aromatic rings. The lowest BCUT2D eigenvalue weighted by molar-refractivity contribution is 0.218. The molecule has 2 heteroatoms. The highest BCUT2D eigenvalue weighted by atomic mass is 15.2. The largest absolute Gasteiger partial charge is 0.330 e. The van der Waals surface area contributed by atoms with Gasteiger partial charge in [-0.3, -0.25) is 4.90 Å². The minimum absolute atomic E-state index is 0.0832. The Labute approximate surface area is 105 Å². The summed E-state index contributed by atoms with van der Waals surface area (Å²) in [6, 6.07) is 11.5. The fourth-order valence-corrected chi connectivity index (χ4v) is 2.50. The third-order valence-corrected chi connectivity index (χ3v) is 3.94. The minimum Gasteiger partial charge on any atom is -0.330 e. The molecule has 1 fully saturated rings. The number of hydrogen-bond donors (Lipinski definition) is 1. The molecule has 1 saturated carbocycles. The second kappa shape index (κ2) is 5.19. The van der Waals surface area contributed by atoms with Crippen LogP contribution in [0.5, 0.6) is 0 Å². The molecule has 0 aromatic heterocycles. The topological polar surface area (TPSA) is 29.3 Å². The summed E-state index contributed by atoms with van der Waals surface area (Å²) in [4.78, 5) is 2.58. The van der Waals surface area contributed by atoms with E-state index in [0.717, 1.165) is 19.1 Å². The molecule has 0 radical (unpaired) electrons. The Hall–Kier alpha value is -0.860. The van der Waals surface area contributed by atoms with E-state index >= 15 is 0 Å². The van der Waals surface area contributed by atoms with E-state index in [0.29, 0.717) is 6.54 Å². The van der Waals surface area contributed by atoms with E-state index in [-0.39, 0.29) is 5.41 Å². The predicted molar refractivity (Wildman–Crippen MR) is 73.1 cm³/mol. The van der Waals surface area contributed by atoms with Crippen molar-refractivity contribution in [1.82, 2.24) is 4.90 Å². The Balaban J connectivity index is 2.13. The van der Waals surface area contributed by atoms with Crippen LogP contribution in [0, 0.1) is 0 Å². The highest BCUT2D eigenvalue weighted by Crippen LogP contribution is 2.31. The standard InChI is InChI=1S/C15H24N2/c1-3-17(14-9-10-14)12-15(2,11-16)13-7-5-4-6-8-13/h4-8,14H,3,9-12,16H2,1-2H3. The van der Waals surface area contributed by atoms with Crippen molar-refractivity contribution in [2.45, 2.75) is 38.1 Å². The van der Waals surface area contributed by atoms with Crippen LogP contribution in [-0.2, 0) is 5.41 Å². The molecule has 2 N–H and O–H groups in total. The normalized spacial score (nSPS) is 19.3. The van der Waals surface area contributed by atoms with Crippen molar-refractivity contribution >= 4 is 0 Å². The van der Waals surface area contributed by atoms with Crippen LogP contribution in [0.2, 0.25) is 0 Å². The molecule has 0 saturated heterocycles. The van der Waals surface area contributed by atoms with Crippen LogP contribution in [0.4, 0.5) is 0 Å². The van der Waals surface area contributed by atoms with E-state index in [1.807, 2.05) is 0 Å². The summed E-state index contributed by atoms with van der Waals surface area (Å²) in [6.45, 7) is 7.45. The molecule has 0 amide bonds. The first kappa shape index (κ1) is 12.6. The predicted octanol–water partition coefficient (Wildman–Crippen LogP) is 2.39. The lowest BCUT2D eigenvalue weighted by atomic mass is 9.82. The number of hydrogen-bond acceptors (Lipinski definition) is 2. The van der Waals surface area contributed by atoms with Crippen LogP contribution in [0.1, 0.15) is 32.3 Å². The van der Waals surface area contributed by atoms with Crippen LogP contribution in [-0.4, -0.2) is 30.6 Å². The molecule has 1 aromatic carbocycles. The molecular formula is C15H24N2. The highest BCUT2D eigenvalue weighted by molar-refractivity contribution is 5.25. The van der Waals surface area contributed by atoms with Crippen molar-refractivity contribution < 1.29 is 0 Å². The average Bonchev–Trinajstić information content (AvgIpc) is 3.21. The second-order valence-corrected chi connectivity index (χ2v) is 5.43. The Morgan fingerprint density at radius 3 is 2.41 bits per heavy atom. The van der Waals surface area contributed by atoms with Crippen molar-refractivity contribution in [1.29, 1.82) is 0 Å². The van der Waals surface area contributed by atoms with Gasteiger partial charge in [0.05, 0.1) is 0 Å². The summed E-state index contributed by atoms with van der Waals surface area (Å²) in [5, 5.41) is 0. The second-order valence-electron chi connectivity index (χ2n) is 5.43. The third-order valence-electron chi connectivity index (χ3n) is 3.94. The van der Waals surface area contributed by atoms with E-state index in [2.05, 4.69) is 49.1 Å². The fourth-order valence-electron chi connectivity index (χ4n) is 2.50. The van der Waals surface area contributed by atoms with Crippen molar-refractivity contribution in [2.24, 2.45) is 5.73 Å². The summed E-state index contributed by atoms with van der Waals surface area (Å²) in [7, 11) is 0. The lowest BCUT2D eigenvalue weighted by Crippen LogP contribution is -2.44. The van der Waals surface area contributed by atoms with Crippen LogP contribution >= 0.6 is 0 Å². The molecule has 17 heavy (non-hydrogen) atoms. The van der Waals surface area contributed by atoms with Gasteiger partial charge in [0, 0.05) is 24.5 Å². The first-order valence-corrected chi connectivity index (χ1v) is 6.69. The Bertz CT molecular complexity index is 345. The Morgan fingerprint density at radius 2 is 1.94 bits per heavy atom. The van der Waals surface area contributed by atoms with Gasteiger partial charge in [-0.1, -0.05) is 44.2 Å². The quantitative estimate of drug-likeness (QED) is 0.816. The van der Waals surface area contributed by atoms with Crippen LogP contribution < -0.4 is 5.73 Å². The van der Waals surface area contributed by atoms with Crippen LogP contribution in [0.15, 0.2) is 30.3 Å². The molecule has 1 unspecified atom stereocenters. The molecule has 94 valence electrons. The maximum absolute atomic E-state index is 6.04. The van der Waals surface area contributed by atoms with Gasteiger partial charge in [0.1, 0.15) is 0 Å². The molecule has 0 heterocycles. The fraction of sp³-hybridized carbons (Fsp3) is 0.600. The number of nitrogens with zero attached hydrogens (tertiary/aromatic N) is 1. The first-order chi connectivity index (χ1) is 8.19. The maximum atomic E-state index is 6.04.